The molecule has 0 amide bonds. The Kier molecular flexibility index (Phi) is 7.80. The lowest BCUT2D eigenvalue weighted by Crippen LogP contribution is -2.45. The Morgan fingerprint density at radius 2 is 1.91 bits per heavy atom. The minimum Gasteiger partial charge on any atom is -0.481 e. The molecule has 0 bridgehead atoms. The van der Waals surface area contributed by atoms with Crippen LogP contribution in [0.2, 0.25) is 0 Å². The van der Waals surface area contributed by atoms with E-state index in [0.29, 0.717) is 34.9 Å². The van der Waals surface area contributed by atoms with Crippen molar-refractivity contribution in [3.05, 3.63) is 76.1 Å². The Hall–Kier alpha value is -4.11. The Morgan fingerprint density at radius 1 is 1.13 bits per heavy atom. The molecule has 15 heteroatoms. The monoisotopic (exact) mass is 643 g/mol. The molecule has 238 valence electrons. The van der Waals surface area contributed by atoms with Crippen molar-refractivity contribution in [3.8, 4) is 0 Å². The summed E-state index contributed by atoms with van der Waals surface area (Å²) in [6, 6.07) is 6.44. The van der Waals surface area contributed by atoms with E-state index in [1.807, 2.05) is 6.92 Å². The number of pyridine rings is 3. The highest BCUT2D eigenvalue weighted by Gasteiger charge is 2.40. The number of piperidine rings is 1. The van der Waals surface area contributed by atoms with Gasteiger partial charge in [0.1, 0.15) is 10.7 Å². The number of sulfonamides is 1. The number of aromatic nitrogens is 5. The number of carboxylic acid groups (broad SMARTS) is 1. The molecule has 0 saturated carbocycles. The number of nitrogens with zero attached hydrogens (tertiary/aromatic N) is 7. The number of anilines is 1. The van der Waals surface area contributed by atoms with E-state index in [4.69, 9.17) is 4.98 Å². The van der Waals surface area contributed by atoms with Gasteiger partial charge >= 0.3 is 12.1 Å². The first-order valence-electron chi connectivity index (χ1n) is 14.6. The molecule has 1 fully saturated rings. The van der Waals surface area contributed by atoms with Crippen molar-refractivity contribution < 1.29 is 31.5 Å². The second-order valence-electron chi connectivity index (χ2n) is 11.7. The van der Waals surface area contributed by atoms with E-state index in [1.54, 1.807) is 38.2 Å². The molecule has 2 atom stereocenters. The van der Waals surface area contributed by atoms with Crippen LogP contribution in [0.15, 0.2) is 41.6 Å². The summed E-state index contributed by atoms with van der Waals surface area (Å²) in [5.74, 6) is -2.70. The number of carbonyl (C=O) groups is 1. The number of fused-ring (bicyclic) bond motifs is 4. The van der Waals surface area contributed by atoms with Crippen molar-refractivity contribution in [3.63, 3.8) is 0 Å². The number of carboxylic acids is 1. The van der Waals surface area contributed by atoms with Gasteiger partial charge in [-0.25, -0.2) is 13.4 Å². The van der Waals surface area contributed by atoms with Crippen LogP contribution in [0.25, 0.3) is 5.65 Å². The number of hydrogen-bond acceptors (Lipinski definition) is 8. The topological polar surface area (TPSA) is 134 Å². The van der Waals surface area contributed by atoms with Gasteiger partial charge in [0.15, 0.2) is 5.65 Å². The lowest BCUT2D eigenvalue weighted by atomic mass is 9.89. The van der Waals surface area contributed by atoms with Crippen LogP contribution in [-0.4, -0.2) is 67.5 Å². The maximum atomic E-state index is 14.1. The van der Waals surface area contributed by atoms with Gasteiger partial charge in [0.05, 0.1) is 18.7 Å². The highest BCUT2D eigenvalue weighted by atomic mass is 32.2. The van der Waals surface area contributed by atoms with Crippen LogP contribution < -0.4 is 4.90 Å². The molecule has 2 aliphatic rings. The molecule has 4 aromatic heterocycles. The highest BCUT2D eigenvalue weighted by molar-refractivity contribution is 7.89. The summed E-state index contributed by atoms with van der Waals surface area (Å²) in [6.45, 7) is 6.08. The standard InChI is InChI=1S/C30H32F3N7O4S/c1-17-12-25-28(34-14-17)39-10-5-4-6-20(39)15-38(45(25,43)44)16-24-18(2)7-8-23(35-24)22(13-26(41)42)21-9-11-40-27(19(21)3)36-37-29(40)30(31,32)33/h7-9,11-12,14,20,22H,4-6,10,13,15-16H2,1-3H3,(H,41,42)/t20-,22?/m0/s1. The van der Waals surface area contributed by atoms with E-state index < -0.39 is 40.3 Å². The van der Waals surface area contributed by atoms with Crippen molar-refractivity contribution in [2.24, 2.45) is 0 Å². The third-order valence-electron chi connectivity index (χ3n) is 8.68. The average molecular weight is 644 g/mol. The number of aryl methyl sites for hydroxylation is 3. The van der Waals surface area contributed by atoms with Gasteiger partial charge in [-0.15, -0.1) is 10.2 Å². The number of alkyl halides is 3. The predicted octanol–water partition coefficient (Wildman–Crippen LogP) is 4.63. The molecule has 45 heavy (non-hydrogen) atoms. The summed E-state index contributed by atoms with van der Waals surface area (Å²) in [5, 5.41) is 16.9. The smallest absolute Gasteiger partial charge is 0.452 e. The minimum absolute atomic E-state index is 0.0437. The first-order chi connectivity index (χ1) is 21.3. The molecule has 0 aliphatic carbocycles. The van der Waals surface area contributed by atoms with E-state index in [2.05, 4.69) is 20.1 Å². The fraction of sp³-hybridized carbons (Fsp3) is 0.433. The quantitative estimate of drug-likeness (QED) is 0.319. The number of halogens is 3. The first kappa shape index (κ1) is 30.9. The molecule has 6 rings (SSSR count). The number of hydrogen-bond donors (Lipinski definition) is 1. The van der Waals surface area contributed by atoms with E-state index in [0.717, 1.165) is 34.8 Å². The lowest BCUT2D eigenvalue weighted by molar-refractivity contribution is -0.145. The molecule has 0 radical (unpaired) electrons. The van der Waals surface area contributed by atoms with Gasteiger partial charge in [0.2, 0.25) is 15.8 Å². The Labute approximate surface area is 257 Å². The van der Waals surface area contributed by atoms with E-state index >= 15 is 0 Å². The first-order valence-corrected chi connectivity index (χ1v) is 16.0. The molecule has 4 aromatic rings. The summed E-state index contributed by atoms with van der Waals surface area (Å²) in [5.41, 5.74) is 2.98. The van der Waals surface area contributed by atoms with Crippen molar-refractivity contribution in [1.82, 2.24) is 28.9 Å². The second-order valence-corrected chi connectivity index (χ2v) is 13.6. The van der Waals surface area contributed by atoms with Crippen LogP contribution in [0.3, 0.4) is 0 Å². The van der Waals surface area contributed by atoms with Gasteiger partial charge in [0.25, 0.3) is 0 Å². The fourth-order valence-corrected chi connectivity index (χ4v) is 8.03. The molecular formula is C30H32F3N7O4S. The largest absolute Gasteiger partial charge is 0.481 e. The zero-order valence-corrected chi connectivity index (χ0v) is 25.7. The van der Waals surface area contributed by atoms with Crippen LogP contribution in [0, 0.1) is 20.8 Å². The predicted molar refractivity (Wildman–Crippen MR) is 157 cm³/mol. The molecule has 0 aromatic carbocycles. The van der Waals surface area contributed by atoms with E-state index in [1.165, 1.54) is 16.6 Å². The summed E-state index contributed by atoms with van der Waals surface area (Å²) in [6.07, 6.45) is 0.461. The average Bonchev–Trinajstić information content (AvgIpc) is 3.40. The molecule has 1 unspecified atom stereocenters. The van der Waals surface area contributed by atoms with Gasteiger partial charge < -0.3 is 10.0 Å². The van der Waals surface area contributed by atoms with Crippen molar-refractivity contribution in [1.29, 1.82) is 0 Å². The third kappa shape index (κ3) is 5.63. The number of aliphatic carboxylic acids is 1. The second kappa shape index (κ2) is 11.4. The Bertz CT molecular complexity index is 1910. The molecular weight excluding hydrogens is 611 g/mol. The summed E-state index contributed by atoms with van der Waals surface area (Å²) < 4.78 is 70.9. The maximum Gasteiger partial charge on any atom is 0.452 e. The van der Waals surface area contributed by atoms with Crippen molar-refractivity contribution >= 4 is 27.5 Å². The van der Waals surface area contributed by atoms with Crippen LogP contribution in [0.5, 0.6) is 0 Å². The summed E-state index contributed by atoms with van der Waals surface area (Å²) in [4.78, 5) is 23.6. The SMILES string of the molecule is Cc1cnc2c(c1)S(=O)(=O)N(Cc1nc(C(CC(=O)O)c3ccn4c(C(F)(F)F)nnc4c3C)ccc1C)C[C@@H]1CCCCN21. The molecule has 2 aliphatic heterocycles. The summed E-state index contributed by atoms with van der Waals surface area (Å²) >= 11 is 0. The lowest BCUT2D eigenvalue weighted by Gasteiger charge is -2.36. The van der Waals surface area contributed by atoms with Crippen molar-refractivity contribution in [2.75, 3.05) is 18.0 Å². The maximum absolute atomic E-state index is 14.1. The summed E-state index contributed by atoms with van der Waals surface area (Å²) in [7, 11) is -3.97. The zero-order chi connectivity index (χ0) is 32.3. The Balaban J connectivity index is 1.41. The van der Waals surface area contributed by atoms with Crippen molar-refractivity contribution in [2.45, 2.75) is 76.0 Å². The minimum atomic E-state index is -4.72. The number of rotatable bonds is 6. The van der Waals surface area contributed by atoms with Gasteiger partial charge in [-0.05, 0) is 80.5 Å². The molecule has 1 N–H and O–H groups in total. The molecule has 6 heterocycles. The van der Waals surface area contributed by atoms with Crippen LogP contribution in [0.1, 0.15) is 71.1 Å². The molecule has 11 nitrogen and oxygen atoms in total. The zero-order valence-electron chi connectivity index (χ0n) is 24.9. The normalized spacial score (nSPS) is 19.2. The van der Waals surface area contributed by atoms with Crippen LogP contribution in [0.4, 0.5) is 19.0 Å². The fourth-order valence-electron chi connectivity index (χ4n) is 6.36. The van der Waals surface area contributed by atoms with Gasteiger partial charge in [-0.1, -0.05) is 6.07 Å². The van der Waals surface area contributed by atoms with Crippen LogP contribution in [-0.2, 0) is 27.5 Å². The molecule has 1 saturated heterocycles. The third-order valence-corrected chi connectivity index (χ3v) is 10.5. The molecule has 0 spiro atoms. The van der Waals surface area contributed by atoms with E-state index in [9.17, 15) is 31.5 Å². The van der Waals surface area contributed by atoms with Crippen LogP contribution >= 0.6 is 0 Å². The van der Waals surface area contributed by atoms with Gasteiger partial charge in [-0.2, -0.15) is 17.5 Å². The highest BCUT2D eigenvalue weighted by Crippen LogP contribution is 2.37. The Morgan fingerprint density at radius 3 is 2.64 bits per heavy atom. The van der Waals surface area contributed by atoms with Gasteiger partial charge in [-0.3, -0.25) is 14.2 Å². The van der Waals surface area contributed by atoms with E-state index in [-0.39, 0.29) is 29.7 Å². The van der Waals surface area contributed by atoms with Gasteiger partial charge in [0, 0.05) is 43.1 Å².